The first-order valence-corrected chi connectivity index (χ1v) is 8.52. The minimum Gasteiger partial charge on any atom is -0.360 e. The summed E-state index contributed by atoms with van der Waals surface area (Å²) in [6.07, 6.45) is 1.79. The second kappa shape index (κ2) is 5.30. The van der Waals surface area contributed by atoms with Crippen LogP contribution in [0.3, 0.4) is 0 Å². The van der Waals surface area contributed by atoms with Crippen LogP contribution in [0.4, 0.5) is 0 Å². The average Bonchev–Trinajstić information content (AvgIpc) is 2.69. The Morgan fingerprint density at radius 3 is 2.44 bits per heavy atom. The first kappa shape index (κ1) is 14.0. The van der Waals surface area contributed by atoms with Crippen LogP contribution in [0.15, 0.2) is 9.42 Å². The lowest BCUT2D eigenvalue weighted by Crippen LogP contribution is -2.39. The molecule has 102 valence electrons. The molecular formula is C11H17BrN2O3S. The number of rotatable bonds is 3. The predicted molar refractivity (Wildman–Crippen MR) is 71.3 cm³/mol. The van der Waals surface area contributed by atoms with Crippen molar-refractivity contribution >= 4 is 26.0 Å². The maximum atomic E-state index is 12.5. The Morgan fingerprint density at radius 1 is 1.39 bits per heavy atom. The molecule has 1 aromatic heterocycles. The van der Waals surface area contributed by atoms with E-state index in [2.05, 4.69) is 21.1 Å². The molecule has 0 amide bonds. The van der Waals surface area contributed by atoms with Gasteiger partial charge in [0, 0.05) is 18.4 Å². The van der Waals surface area contributed by atoms with Gasteiger partial charge in [-0.05, 0) is 32.6 Å². The fourth-order valence-electron chi connectivity index (χ4n) is 2.28. The molecule has 0 radical (unpaired) electrons. The van der Waals surface area contributed by atoms with Crippen molar-refractivity contribution in [3.8, 4) is 0 Å². The van der Waals surface area contributed by atoms with Crippen LogP contribution in [-0.2, 0) is 10.0 Å². The molecule has 0 aliphatic carbocycles. The van der Waals surface area contributed by atoms with Crippen molar-refractivity contribution in [2.45, 2.75) is 31.6 Å². The smallest absolute Gasteiger partial charge is 0.248 e. The summed E-state index contributed by atoms with van der Waals surface area (Å²) in [5.74, 6) is 0.941. The number of aryl methyl sites for hydroxylation is 2. The summed E-state index contributed by atoms with van der Waals surface area (Å²) >= 11 is 3.45. The van der Waals surface area contributed by atoms with Gasteiger partial charge in [0.15, 0.2) is 5.76 Å². The highest BCUT2D eigenvalue weighted by Crippen LogP contribution is 2.27. The lowest BCUT2D eigenvalue weighted by Gasteiger charge is -2.30. The van der Waals surface area contributed by atoms with Crippen molar-refractivity contribution in [2.75, 3.05) is 18.4 Å². The van der Waals surface area contributed by atoms with Crippen LogP contribution in [0.1, 0.15) is 24.3 Å². The van der Waals surface area contributed by atoms with E-state index >= 15 is 0 Å². The molecule has 7 heteroatoms. The summed E-state index contributed by atoms with van der Waals surface area (Å²) < 4.78 is 31.5. The van der Waals surface area contributed by atoms with Gasteiger partial charge in [0.05, 0.1) is 0 Å². The number of piperidine rings is 1. The third kappa shape index (κ3) is 2.48. The summed E-state index contributed by atoms with van der Waals surface area (Å²) in [7, 11) is -3.45. The highest BCUT2D eigenvalue weighted by molar-refractivity contribution is 9.09. The van der Waals surface area contributed by atoms with Crippen molar-refractivity contribution in [1.29, 1.82) is 0 Å². The second-order valence-corrected chi connectivity index (χ2v) is 7.18. The Balaban J connectivity index is 2.23. The van der Waals surface area contributed by atoms with Crippen LogP contribution >= 0.6 is 15.9 Å². The number of aromatic nitrogens is 1. The van der Waals surface area contributed by atoms with E-state index < -0.39 is 10.0 Å². The number of sulfonamides is 1. The summed E-state index contributed by atoms with van der Waals surface area (Å²) in [6, 6.07) is 0. The van der Waals surface area contributed by atoms with E-state index in [9.17, 15) is 8.42 Å². The van der Waals surface area contributed by atoms with Crippen molar-refractivity contribution in [3.63, 3.8) is 0 Å². The van der Waals surface area contributed by atoms with Gasteiger partial charge < -0.3 is 4.52 Å². The fraction of sp³-hybridized carbons (Fsp3) is 0.727. The van der Waals surface area contributed by atoms with Crippen molar-refractivity contribution in [3.05, 3.63) is 11.5 Å². The number of halogens is 1. The molecule has 1 aliphatic rings. The van der Waals surface area contributed by atoms with E-state index in [1.807, 2.05) is 0 Å². The van der Waals surface area contributed by atoms with Gasteiger partial charge in [-0.15, -0.1) is 0 Å². The highest BCUT2D eigenvalue weighted by atomic mass is 79.9. The zero-order chi connectivity index (χ0) is 13.3. The maximum Gasteiger partial charge on any atom is 0.248 e. The van der Waals surface area contributed by atoms with E-state index in [1.165, 1.54) is 0 Å². The molecule has 0 N–H and O–H groups in total. The second-order valence-electron chi connectivity index (χ2n) is 4.66. The van der Waals surface area contributed by atoms with Crippen LogP contribution in [-0.4, -0.2) is 36.3 Å². The lowest BCUT2D eigenvalue weighted by molar-refractivity contribution is 0.291. The van der Waals surface area contributed by atoms with E-state index in [1.54, 1.807) is 18.2 Å². The maximum absolute atomic E-state index is 12.5. The van der Waals surface area contributed by atoms with Gasteiger partial charge in [-0.2, -0.15) is 4.31 Å². The quantitative estimate of drug-likeness (QED) is 0.793. The van der Waals surface area contributed by atoms with Crippen LogP contribution in [0.5, 0.6) is 0 Å². The summed E-state index contributed by atoms with van der Waals surface area (Å²) in [6.45, 7) is 4.44. The van der Waals surface area contributed by atoms with Gasteiger partial charge in [0.25, 0.3) is 0 Å². The molecule has 2 rings (SSSR count). The van der Waals surface area contributed by atoms with E-state index in [4.69, 9.17) is 4.52 Å². The molecule has 0 atom stereocenters. The van der Waals surface area contributed by atoms with Gasteiger partial charge >= 0.3 is 0 Å². The van der Waals surface area contributed by atoms with Crippen LogP contribution in [0.25, 0.3) is 0 Å². The zero-order valence-electron chi connectivity index (χ0n) is 10.5. The molecule has 18 heavy (non-hydrogen) atoms. The van der Waals surface area contributed by atoms with Crippen molar-refractivity contribution in [1.82, 2.24) is 9.46 Å². The largest absolute Gasteiger partial charge is 0.360 e. The van der Waals surface area contributed by atoms with Gasteiger partial charge in [0.1, 0.15) is 10.6 Å². The standard InChI is InChI=1S/C11H17BrN2O3S/c1-8-11(9(2)17-13-8)18(15,16)14-5-3-10(7-12)4-6-14/h10H,3-7H2,1-2H3. The number of nitrogens with zero attached hydrogens (tertiary/aromatic N) is 2. The Labute approximate surface area is 116 Å². The molecule has 1 fully saturated rings. The zero-order valence-corrected chi connectivity index (χ0v) is 12.9. The first-order chi connectivity index (χ1) is 8.46. The molecule has 1 saturated heterocycles. The van der Waals surface area contributed by atoms with E-state index in [-0.39, 0.29) is 4.90 Å². The summed E-state index contributed by atoms with van der Waals surface area (Å²) in [5, 5.41) is 4.66. The predicted octanol–water partition coefficient (Wildman–Crippen LogP) is 2.09. The van der Waals surface area contributed by atoms with Crippen LogP contribution in [0.2, 0.25) is 0 Å². The molecule has 0 unspecified atom stereocenters. The third-order valence-electron chi connectivity index (χ3n) is 3.36. The fourth-order valence-corrected chi connectivity index (χ4v) is 4.68. The molecule has 0 aromatic carbocycles. The number of hydrogen-bond acceptors (Lipinski definition) is 4. The lowest BCUT2D eigenvalue weighted by atomic mass is 10.0. The molecular weight excluding hydrogens is 320 g/mol. The molecule has 1 aromatic rings. The molecule has 1 aliphatic heterocycles. The number of hydrogen-bond donors (Lipinski definition) is 0. The Morgan fingerprint density at radius 2 is 2.00 bits per heavy atom. The molecule has 5 nitrogen and oxygen atoms in total. The van der Waals surface area contributed by atoms with Gasteiger partial charge in [0.2, 0.25) is 10.0 Å². The molecule has 0 saturated carbocycles. The van der Waals surface area contributed by atoms with Gasteiger partial charge in [-0.25, -0.2) is 8.42 Å². The summed E-state index contributed by atoms with van der Waals surface area (Å²) in [5.41, 5.74) is 0.440. The summed E-state index contributed by atoms with van der Waals surface area (Å²) in [4.78, 5) is 0.236. The van der Waals surface area contributed by atoms with Gasteiger partial charge in [-0.3, -0.25) is 0 Å². The third-order valence-corrected chi connectivity index (χ3v) is 6.42. The van der Waals surface area contributed by atoms with Gasteiger partial charge in [-0.1, -0.05) is 21.1 Å². The normalized spacial score (nSPS) is 19.3. The Bertz CT molecular complexity index is 499. The Kier molecular flexibility index (Phi) is 4.13. The number of alkyl halides is 1. The van der Waals surface area contributed by atoms with Crippen molar-refractivity contribution in [2.24, 2.45) is 5.92 Å². The monoisotopic (exact) mass is 336 g/mol. The van der Waals surface area contributed by atoms with Crippen LogP contribution < -0.4 is 0 Å². The molecule has 0 bridgehead atoms. The first-order valence-electron chi connectivity index (χ1n) is 5.95. The van der Waals surface area contributed by atoms with E-state index in [0.717, 1.165) is 18.2 Å². The van der Waals surface area contributed by atoms with E-state index in [0.29, 0.717) is 30.5 Å². The highest BCUT2D eigenvalue weighted by Gasteiger charge is 2.33. The SMILES string of the molecule is Cc1noc(C)c1S(=O)(=O)N1CCC(CBr)CC1. The Hall–Kier alpha value is -0.400. The van der Waals surface area contributed by atoms with Crippen LogP contribution in [0, 0.1) is 19.8 Å². The minimum atomic E-state index is -3.45. The molecule has 0 spiro atoms. The van der Waals surface area contributed by atoms with Crippen molar-refractivity contribution < 1.29 is 12.9 Å². The molecule has 2 heterocycles. The minimum absolute atomic E-state index is 0.236. The topological polar surface area (TPSA) is 63.4 Å². The average molecular weight is 337 g/mol.